The molecule has 0 saturated heterocycles. The molecular formula is C14H20N4. The highest BCUT2D eigenvalue weighted by atomic mass is 15.3. The second-order valence-corrected chi connectivity index (χ2v) is 4.50. The predicted octanol–water partition coefficient (Wildman–Crippen LogP) is 2.32. The first kappa shape index (κ1) is 12.8. The summed E-state index contributed by atoms with van der Waals surface area (Å²) in [6, 6.07) is 6.01. The minimum absolute atomic E-state index is 0.0395. The van der Waals surface area contributed by atoms with Crippen LogP contribution < -0.4 is 5.73 Å². The molecule has 0 radical (unpaired) electrons. The molecule has 0 amide bonds. The maximum atomic E-state index is 6.17. The molecule has 0 aliphatic carbocycles. The summed E-state index contributed by atoms with van der Waals surface area (Å²) in [5.41, 5.74) is 8.37. The third kappa shape index (κ3) is 3.40. The summed E-state index contributed by atoms with van der Waals surface area (Å²) in [5.74, 6) is 0. The van der Waals surface area contributed by atoms with Gasteiger partial charge in [-0.3, -0.25) is 9.67 Å². The standard InChI is InChI=1S/C14H20N4/c1-2-9-18-11-12(10-17-18)14(15)7-6-13-5-3-4-8-16-13/h3-5,8,10-11,14H,2,6-7,9,15H2,1H3. The molecule has 0 aromatic carbocycles. The van der Waals surface area contributed by atoms with Crippen molar-refractivity contribution in [1.82, 2.24) is 14.8 Å². The molecule has 0 fully saturated rings. The van der Waals surface area contributed by atoms with Gasteiger partial charge in [-0.1, -0.05) is 13.0 Å². The molecule has 2 aromatic rings. The molecule has 1 unspecified atom stereocenters. The monoisotopic (exact) mass is 244 g/mol. The number of pyridine rings is 1. The van der Waals surface area contributed by atoms with Gasteiger partial charge in [0.1, 0.15) is 0 Å². The van der Waals surface area contributed by atoms with Crippen LogP contribution >= 0.6 is 0 Å². The van der Waals surface area contributed by atoms with E-state index >= 15 is 0 Å². The zero-order chi connectivity index (χ0) is 12.8. The number of rotatable bonds is 6. The van der Waals surface area contributed by atoms with Crippen molar-refractivity contribution in [3.8, 4) is 0 Å². The fraction of sp³-hybridized carbons (Fsp3) is 0.429. The highest BCUT2D eigenvalue weighted by Gasteiger charge is 2.09. The van der Waals surface area contributed by atoms with E-state index in [1.54, 1.807) is 0 Å². The maximum absolute atomic E-state index is 6.17. The molecule has 18 heavy (non-hydrogen) atoms. The Bertz CT molecular complexity index is 464. The molecule has 2 heterocycles. The van der Waals surface area contributed by atoms with Crippen molar-refractivity contribution in [3.63, 3.8) is 0 Å². The van der Waals surface area contributed by atoms with Crippen molar-refractivity contribution in [3.05, 3.63) is 48.0 Å². The van der Waals surface area contributed by atoms with Crippen molar-refractivity contribution >= 4 is 0 Å². The molecular weight excluding hydrogens is 224 g/mol. The predicted molar refractivity (Wildman–Crippen MR) is 72.0 cm³/mol. The van der Waals surface area contributed by atoms with Crippen LogP contribution in [0.3, 0.4) is 0 Å². The first-order valence-corrected chi connectivity index (χ1v) is 6.47. The summed E-state index contributed by atoms with van der Waals surface area (Å²) < 4.78 is 1.95. The van der Waals surface area contributed by atoms with E-state index in [0.29, 0.717) is 0 Å². The average molecular weight is 244 g/mol. The van der Waals surface area contributed by atoms with Gasteiger partial charge in [0.05, 0.1) is 6.20 Å². The third-order valence-electron chi connectivity index (χ3n) is 2.97. The van der Waals surface area contributed by atoms with Gasteiger partial charge in [0, 0.05) is 36.2 Å². The lowest BCUT2D eigenvalue weighted by Gasteiger charge is -2.08. The lowest BCUT2D eigenvalue weighted by Crippen LogP contribution is -2.11. The number of aromatic nitrogens is 3. The summed E-state index contributed by atoms with van der Waals surface area (Å²) >= 11 is 0. The van der Waals surface area contributed by atoms with Crippen LogP contribution in [0.1, 0.15) is 37.1 Å². The van der Waals surface area contributed by atoms with E-state index in [4.69, 9.17) is 5.73 Å². The third-order valence-corrected chi connectivity index (χ3v) is 2.97. The van der Waals surface area contributed by atoms with Crippen LogP contribution in [-0.4, -0.2) is 14.8 Å². The highest BCUT2D eigenvalue weighted by molar-refractivity contribution is 5.11. The summed E-state index contributed by atoms with van der Waals surface area (Å²) in [4.78, 5) is 4.30. The molecule has 0 aliphatic rings. The van der Waals surface area contributed by atoms with E-state index in [1.807, 2.05) is 41.5 Å². The zero-order valence-electron chi connectivity index (χ0n) is 10.8. The number of nitrogens with two attached hydrogens (primary N) is 1. The minimum Gasteiger partial charge on any atom is -0.324 e. The van der Waals surface area contributed by atoms with Gasteiger partial charge in [-0.2, -0.15) is 5.10 Å². The molecule has 1 atom stereocenters. The fourth-order valence-corrected chi connectivity index (χ4v) is 1.94. The summed E-state index contributed by atoms with van der Waals surface area (Å²) in [6.45, 7) is 3.09. The first-order valence-electron chi connectivity index (χ1n) is 6.47. The zero-order valence-corrected chi connectivity index (χ0v) is 10.8. The van der Waals surface area contributed by atoms with Crippen molar-refractivity contribution < 1.29 is 0 Å². The van der Waals surface area contributed by atoms with Crippen LogP contribution in [-0.2, 0) is 13.0 Å². The van der Waals surface area contributed by atoms with Crippen molar-refractivity contribution in [2.24, 2.45) is 5.73 Å². The van der Waals surface area contributed by atoms with Gasteiger partial charge < -0.3 is 5.73 Å². The van der Waals surface area contributed by atoms with Crippen LogP contribution in [0.15, 0.2) is 36.8 Å². The first-order chi connectivity index (χ1) is 8.79. The molecule has 2 aromatic heterocycles. The summed E-state index contributed by atoms with van der Waals surface area (Å²) in [7, 11) is 0. The van der Waals surface area contributed by atoms with Crippen molar-refractivity contribution in [2.75, 3.05) is 0 Å². The lowest BCUT2D eigenvalue weighted by atomic mass is 10.1. The Balaban J connectivity index is 1.89. The van der Waals surface area contributed by atoms with E-state index < -0.39 is 0 Å². The quantitative estimate of drug-likeness (QED) is 0.848. The molecule has 4 nitrogen and oxygen atoms in total. The van der Waals surface area contributed by atoms with Crippen LogP contribution in [0.2, 0.25) is 0 Å². The normalized spacial score (nSPS) is 12.6. The second-order valence-electron chi connectivity index (χ2n) is 4.50. The Hall–Kier alpha value is -1.68. The smallest absolute Gasteiger partial charge is 0.0537 e. The van der Waals surface area contributed by atoms with Gasteiger partial charge in [-0.05, 0) is 31.4 Å². The van der Waals surface area contributed by atoms with Crippen molar-refractivity contribution in [1.29, 1.82) is 0 Å². The second kappa shape index (κ2) is 6.31. The van der Waals surface area contributed by atoms with E-state index in [-0.39, 0.29) is 6.04 Å². The van der Waals surface area contributed by atoms with Gasteiger partial charge in [0.25, 0.3) is 0 Å². The van der Waals surface area contributed by atoms with Crippen LogP contribution in [0.25, 0.3) is 0 Å². The SMILES string of the molecule is CCCn1cc(C(N)CCc2ccccn2)cn1. The Morgan fingerprint density at radius 3 is 3.00 bits per heavy atom. The maximum Gasteiger partial charge on any atom is 0.0537 e. The Morgan fingerprint density at radius 2 is 2.28 bits per heavy atom. The van der Waals surface area contributed by atoms with E-state index in [9.17, 15) is 0 Å². The fourth-order valence-electron chi connectivity index (χ4n) is 1.94. The number of hydrogen-bond acceptors (Lipinski definition) is 3. The molecule has 96 valence electrons. The minimum atomic E-state index is 0.0395. The number of nitrogens with zero attached hydrogens (tertiary/aromatic N) is 3. The molecule has 0 saturated carbocycles. The van der Waals surface area contributed by atoms with Crippen molar-refractivity contribution in [2.45, 2.75) is 38.8 Å². The molecule has 0 aliphatic heterocycles. The van der Waals surface area contributed by atoms with Crippen LogP contribution in [0, 0.1) is 0 Å². The lowest BCUT2D eigenvalue weighted by molar-refractivity contribution is 0.598. The molecule has 0 spiro atoms. The van der Waals surface area contributed by atoms with E-state index in [0.717, 1.165) is 37.1 Å². The largest absolute Gasteiger partial charge is 0.324 e. The van der Waals surface area contributed by atoms with Gasteiger partial charge in [-0.15, -0.1) is 0 Å². The number of aryl methyl sites for hydroxylation is 2. The summed E-state index contributed by atoms with van der Waals surface area (Å²) in [5, 5.41) is 4.30. The highest BCUT2D eigenvalue weighted by Crippen LogP contribution is 2.15. The Kier molecular flexibility index (Phi) is 4.47. The number of hydrogen-bond donors (Lipinski definition) is 1. The average Bonchev–Trinajstić information content (AvgIpc) is 2.86. The van der Waals surface area contributed by atoms with Gasteiger partial charge in [0.2, 0.25) is 0 Å². The Morgan fingerprint density at radius 1 is 1.39 bits per heavy atom. The molecule has 2 N–H and O–H groups in total. The molecule has 4 heteroatoms. The van der Waals surface area contributed by atoms with Gasteiger partial charge in [-0.25, -0.2) is 0 Å². The van der Waals surface area contributed by atoms with Crippen LogP contribution in [0.5, 0.6) is 0 Å². The van der Waals surface area contributed by atoms with E-state index in [1.165, 1.54) is 0 Å². The van der Waals surface area contributed by atoms with E-state index in [2.05, 4.69) is 17.0 Å². The van der Waals surface area contributed by atoms with Gasteiger partial charge >= 0.3 is 0 Å². The summed E-state index contributed by atoms with van der Waals surface area (Å²) in [6.07, 6.45) is 8.63. The Labute approximate surface area is 108 Å². The van der Waals surface area contributed by atoms with Gasteiger partial charge in [0.15, 0.2) is 0 Å². The van der Waals surface area contributed by atoms with Crippen LogP contribution in [0.4, 0.5) is 0 Å². The topological polar surface area (TPSA) is 56.7 Å². The molecule has 0 bridgehead atoms. The molecule has 2 rings (SSSR count).